The molecule has 0 radical (unpaired) electrons. The molecule has 1 unspecified atom stereocenters. The van der Waals surface area contributed by atoms with Gasteiger partial charge in [-0.05, 0) is 67.5 Å². The molecule has 1 aliphatic heterocycles. The van der Waals surface area contributed by atoms with E-state index in [4.69, 9.17) is 4.74 Å². The molecule has 1 aliphatic carbocycles. The van der Waals surface area contributed by atoms with Gasteiger partial charge < -0.3 is 9.84 Å². The number of ether oxygens (including phenoxy) is 1. The molecule has 27 heavy (non-hydrogen) atoms. The largest absolute Gasteiger partial charge is 0.508 e. The van der Waals surface area contributed by atoms with Crippen molar-refractivity contribution < 1.29 is 19.0 Å². The molecule has 0 amide bonds. The van der Waals surface area contributed by atoms with Crippen LogP contribution in [0.3, 0.4) is 0 Å². The highest BCUT2D eigenvalue weighted by Crippen LogP contribution is 2.40. The van der Waals surface area contributed by atoms with Crippen LogP contribution in [0.4, 0.5) is 4.39 Å². The minimum atomic E-state index is -0.268. The Bertz CT molecular complexity index is 822. The Balaban J connectivity index is 1.31. The summed E-state index contributed by atoms with van der Waals surface area (Å²) in [6.07, 6.45) is 1.86. The van der Waals surface area contributed by atoms with Gasteiger partial charge in [0.1, 0.15) is 5.75 Å². The maximum Gasteiger partial charge on any atom is 0.176 e. The van der Waals surface area contributed by atoms with Crippen molar-refractivity contribution in [1.29, 1.82) is 0 Å². The summed E-state index contributed by atoms with van der Waals surface area (Å²) in [5, 5.41) is 9.34. The first-order valence-corrected chi connectivity index (χ1v) is 9.46. The standard InChI is InChI=1S/C22H24FNO3/c1-14-3-2-4-21(22(14)23)27-19-9-16-11-24(12-17(16)10-19)13-20(26)15-5-7-18(25)8-6-15/h2-8,16-17,19,25H,9-13H2,1H3/t16-,17+,19?. The molecule has 4 rings (SSSR count). The number of hydrogen-bond donors (Lipinski definition) is 1. The molecule has 142 valence electrons. The van der Waals surface area contributed by atoms with Gasteiger partial charge in [0.05, 0.1) is 12.6 Å². The second-order valence-electron chi connectivity index (χ2n) is 7.78. The number of Topliss-reactive ketones (excluding diaryl/α,β-unsaturated/α-hetero) is 1. The molecule has 1 saturated heterocycles. The lowest BCUT2D eigenvalue weighted by Crippen LogP contribution is -2.30. The summed E-state index contributed by atoms with van der Waals surface area (Å²) in [6.45, 7) is 3.90. The monoisotopic (exact) mass is 369 g/mol. The van der Waals surface area contributed by atoms with E-state index in [1.54, 1.807) is 31.2 Å². The van der Waals surface area contributed by atoms with Gasteiger partial charge in [0.15, 0.2) is 17.3 Å². The van der Waals surface area contributed by atoms with Crippen LogP contribution in [0, 0.1) is 24.6 Å². The molecule has 1 N–H and O–H groups in total. The number of carbonyl (C=O) groups is 1. The van der Waals surface area contributed by atoms with Crippen LogP contribution in [0.5, 0.6) is 11.5 Å². The number of likely N-dealkylation sites (tertiary alicyclic amines) is 1. The first kappa shape index (κ1) is 18.0. The molecule has 0 aromatic heterocycles. The summed E-state index contributed by atoms with van der Waals surface area (Å²) < 4.78 is 20.1. The topological polar surface area (TPSA) is 49.8 Å². The smallest absolute Gasteiger partial charge is 0.176 e. The van der Waals surface area contributed by atoms with Crippen molar-refractivity contribution in [3.63, 3.8) is 0 Å². The Hall–Kier alpha value is -2.40. The van der Waals surface area contributed by atoms with Gasteiger partial charge in [0, 0.05) is 18.7 Å². The highest BCUT2D eigenvalue weighted by molar-refractivity contribution is 5.97. The van der Waals surface area contributed by atoms with E-state index in [9.17, 15) is 14.3 Å². The highest BCUT2D eigenvalue weighted by Gasteiger charge is 2.42. The van der Waals surface area contributed by atoms with E-state index in [-0.39, 0.29) is 23.5 Å². The van der Waals surface area contributed by atoms with Crippen molar-refractivity contribution >= 4 is 5.78 Å². The number of phenols is 1. The number of fused-ring (bicyclic) bond motifs is 1. The van der Waals surface area contributed by atoms with Gasteiger partial charge in [0.25, 0.3) is 0 Å². The Morgan fingerprint density at radius 1 is 1.15 bits per heavy atom. The lowest BCUT2D eigenvalue weighted by atomic mass is 10.0. The predicted molar refractivity (Wildman–Crippen MR) is 101 cm³/mol. The van der Waals surface area contributed by atoms with Crippen LogP contribution in [0.25, 0.3) is 0 Å². The SMILES string of the molecule is Cc1cccc(OC2C[C@@H]3CN(CC(=O)c4ccc(O)cc4)C[C@@H]3C2)c1F. The number of ketones is 1. The quantitative estimate of drug-likeness (QED) is 0.815. The number of aromatic hydroxyl groups is 1. The van der Waals surface area contributed by atoms with Gasteiger partial charge in [-0.25, -0.2) is 4.39 Å². The Morgan fingerprint density at radius 3 is 2.48 bits per heavy atom. The molecule has 0 spiro atoms. The molecule has 5 heteroatoms. The second kappa shape index (κ2) is 7.31. The predicted octanol–water partition coefficient (Wildman–Crippen LogP) is 3.81. The van der Waals surface area contributed by atoms with Gasteiger partial charge in [0.2, 0.25) is 0 Å². The molecule has 1 saturated carbocycles. The summed E-state index contributed by atoms with van der Waals surface area (Å²) in [4.78, 5) is 14.6. The maximum atomic E-state index is 14.2. The lowest BCUT2D eigenvalue weighted by molar-refractivity contribution is 0.0936. The normalized spacial score (nSPS) is 24.7. The Labute approximate surface area is 158 Å². The summed E-state index contributed by atoms with van der Waals surface area (Å²) in [6, 6.07) is 11.7. The van der Waals surface area contributed by atoms with Crippen LogP contribution >= 0.6 is 0 Å². The summed E-state index contributed by atoms with van der Waals surface area (Å²) in [7, 11) is 0. The zero-order valence-electron chi connectivity index (χ0n) is 15.4. The molecule has 4 nitrogen and oxygen atoms in total. The molecule has 1 heterocycles. The van der Waals surface area contributed by atoms with E-state index >= 15 is 0 Å². The molecule has 2 aromatic rings. The Morgan fingerprint density at radius 2 is 1.81 bits per heavy atom. The fraction of sp³-hybridized carbons (Fsp3) is 0.409. The number of aryl methyl sites for hydroxylation is 1. The molecule has 0 bridgehead atoms. The van der Waals surface area contributed by atoms with E-state index in [1.165, 1.54) is 12.1 Å². The molecule has 2 aliphatic rings. The van der Waals surface area contributed by atoms with Gasteiger partial charge in [-0.1, -0.05) is 12.1 Å². The lowest BCUT2D eigenvalue weighted by Gasteiger charge is -2.19. The molecule has 3 atom stereocenters. The third kappa shape index (κ3) is 3.83. The van der Waals surface area contributed by atoms with E-state index < -0.39 is 0 Å². The third-order valence-electron chi connectivity index (χ3n) is 5.79. The fourth-order valence-electron chi connectivity index (χ4n) is 4.40. The van der Waals surface area contributed by atoms with Crippen LogP contribution < -0.4 is 4.74 Å². The van der Waals surface area contributed by atoms with Crippen LogP contribution in [0.2, 0.25) is 0 Å². The van der Waals surface area contributed by atoms with E-state index in [0.29, 0.717) is 35.3 Å². The van der Waals surface area contributed by atoms with Crippen LogP contribution in [-0.4, -0.2) is 41.5 Å². The van der Waals surface area contributed by atoms with Crippen LogP contribution in [-0.2, 0) is 0 Å². The van der Waals surface area contributed by atoms with Gasteiger partial charge in [-0.2, -0.15) is 0 Å². The average molecular weight is 369 g/mol. The number of hydrogen-bond acceptors (Lipinski definition) is 4. The van der Waals surface area contributed by atoms with E-state index in [0.717, 1.165) is 25.9 Å². The average Bonchev–Trinajstić information content (AvgIpc) is 3.17. The van der Waals surface area contributed by atoms with E-state index in [2.05, 4.69) is 4.90 Å². The van der Waals surface area contributed by atoms with Crippen molar-refractivity contribution in [1.82, 2.24) is 4.90 Å². The third-order valence-corrected chi connectivity index (χ3v) is 5.79. The number of carbonyl (C=O) groups excluding carboxylic acids is 1. The number of halogens is 1. The number of rotatable bonds is 5. The van der Waals surface area contributed by atoms with Crippen LogP contribution in [0.1, 0.15) is 28.8 Å². The van der Waals surface area contributed by atoms with Crippen LogP contribution in [0.15, 0.2) is 42.5 Å². The van der Waals surface area contributed by atoms with Gasteiger partial charge in [-0.3, -0.25) is 9.69 Å². The van der Waals surface area contributed by atoms with Crippen molar-refractivity contribution in [2.75, 3.05) is 19.6 Å². The molecular formula is C22H24FNO3. The van der Waals surface area contributed by atoms with Gasteiger partial charge >= 0.3 is 0 Å². The van der Waals surface area contributed by atoms with E-state index in [1.807, 2.05) is 6.07 Å². The number of phenolic OH excluding ortho intramolecular Hbond substituents is 1. The zero-order valence-corrected chi connectivity index (χ0v) is 15.4. The highest BCUT2D eigenvalue weighted by atomic mass is 19.1. The van der Waals surface area contributed by atoms with Gasteiger partial charge in [-0.15, -0.1) is 0 Å². The summed E-state index contributed by atoms with van der Waals surface area (Å²) >= 11 is 0. The van der Waals surface area contributed by atoms with Crippen molar-refractivity contribution in [3.05, 3.63) is 59.4 Å². The van der Waals surface area contributed by atoms with Crippen molar-refractivity contribution in [2.45, 2.75) is 25.9 Å². The van der Waals surface area contributed by atoms with Crippen molar-refractivity contribution in [2.24, 2.45) is 11.8 Å². The zero-order chi connectivity index (χ0) is 19.0. The molecular weight excluding hydrogens is 345 g/mol. The molecule has 2 aromatic carbocycles. The number of benzene rings is 2. The summed E-state index contributed by atoms with van der Waals surface area (Å²) in [5.74, 6) is 1.31. The number of nitrogens with zero attached hydrogens (tertiary/aromatic N) is 1. The fourth-order valence-corrected chi connectivity index (χ4v) is 4.40. The van der Waals surface area contributed by atoms with Crippen molar-refractivity contribution in [3.8, 4) is 11.5 Å². The minimum Gasteiger partial charge on any atom is -0.508 e. The Kier molecular flexibility index (Phi) is 4.87. The molecule has 2 fully saturated rings. The summed E-state index contributed by atoms with van der Waals surface area (Å²) in [5.41, 5.74) is 1.23. The minimum absolute atomic E-state index is 0.0475. The first-order chi connectivity index (χ1) is 13.0. The second-order valence-corrected chi connectivity index (χ2v) is 7.78. The maximum absolute atomic E-state index is 14.2. The first-order valence-electron chi connectivity index (χ1n) is 9.46.